The number of nitrogens with one attached hydrogen (secondary N) is 1. The number of aliphatic imine (C=N–C) groups is 1. The molecule has 9 nitrogen and oxygen atoms in total. The van der Waals surface area contributed by atoms with Crippen molar-refractivity contribution >= 4 is 24.1 Å². The summed E-state index contributed by atoms with van der Waals surface area (Å²) in [6, 6.07) is 4.58. The molecule has 1 heterocycles. The summed E-state index contributed by atoms with van der Waals surface area (Å²) in [7, 11) is 3.06. The fraction of sp³-hybridized carbons (Fsp3) is 0.444. The van der Waals surface area contributed by atoms with Crippen LogP contribution in [0.4, 0.5) is 4.79 Å². The first-order chi connectivity index (χ1) is 13.0. The van der Waals surface area contributed by atoms with E-state index >= 15 is 0 Å². The van der Waals surface area contributed by atoms with E-state index in [2.05, 4.69) is 10.3 Å². The first kappa shape index (κ1) is 20.4. The van der Waals surface area contributed by atoms with Gasteiger partial charge in [-0.2, -0.15) is 0 Å². The minimum absolute atomic E-state index is 0.0297. The van der Waals surface area contributed by atoms with Gasteiger partial charge in [0, 0.05) is 25.9 Å². The maximum atomic E-state index is 12.5. The van der Waals surface area contributed by atoms with Gasteiger partial charge in [-0.1, -0.05) is 6.07 Å². The Morgan fingerprint density at radius 2 is 1.96 bits per heavy atom. The monoisotopic (exact) mass is 377 g/mol. The number of hydrogen-bond donors (Lipinski definition) is 2. The van der Waals surface area contributed by atoms with E-state index in [-0.39, 0.29) is 13.2 Å². The highest BCUT2D eigenvalue weighted by Gasteiger charge is 2.39. The van der Waals surface area contributed by atoms with Gasteiger partial charge in [-0.25, -0.2) is 4.79 Å². The standard InChI is InChI=1S/C18H23N3O6/c1-26-14-5-4-12(10-15(14)27-2)6-8-21-17(24)13(11-19-7-3-9-22)16(23)20-18(21)25/h4-5,10-11,13,22H,3,6-9H2,1-2H3,(H,20,23,25)/t13-/m0/s1. The molecule has 1 aliphatic heterocycles. The molecule has 27 heavy (non-hydrogen) atoms. The summed E-state index contributed by atoms with van der Waals surface area (Å²) in [5, 5.41) is 10.9. The number of carbonyl (C=O) groups is 3. The number of nitrogens with zero attached hydrogens (tertiary/aromatic N) is 2. The lowest BCUT2D eigenvalue weighted by molar-refractivity contribution is -0.139. The quantitative estimate of drug-likeness (QED) is 0.365. The highest BCUT2D eigenvalue weighted by atomic mass is 16.5. The largest absolute Gasteiger partial charge is 0.493 e. The first-order valence-corrected chi connectivity index (χ1v) is 8.49. The van der Waals surface area contributed by atoms with Gasteiger partial charge in [0.05, 0.1) is 14.2 Å². The molecule has 0 aromatic heterocycles. The zero-order valence-electron chi connectivity index (χ0n) is 15.3. The van der Waals surface area contributed by atoms with Crippen molar-refractivity contribution in [1.29, 1.82) is 0 Å². The lowest BCUT2D eigenvalue weighted by atomic mass is 10.1. The Bertz CT molecular complexity index is 734. The van der Waals surface area contributed by atoms with Gasteiger partial charge in [-0.15, -0.1) is 0 Å². The molecule has 0 unspecified atom stereocenters. The second-order valence-electron chi connectivity index (χ2n) is 5.83. The van der Waals surface area contributed by atoms with Crippen LogP contribution < -0.4 is 14.8 Å². The van der Waals surface area contributed by atoms with Gasteiger partial charge >= 0.3 is 6.03 Å². The van der Waals surface area contributed by atoms with E-state index in [1.54, 1.807) is 12.1 Å². The van der Waals surface area contributed by atoms with Crippen LogP contribution in [0.15, 0.2) is 23.2 Å². The van der Waals surface area contributed by atoms with Crippen LogP contribution in [0.25, 0.3) is 0 Å². The lowest BCUT2D eigenvalue weighted by Crippen LogP contribution is -2.58. The molecule has 1 aromatic rings. The molecule has 1 saturated heterocycles. The van der Waals surface area contributed by atoms with Crippen molar-refractivity contribution < 1.29 is 29.0 Å². The number of amides is 4. The molecule has 2 rings (SSSR count). The lowest BCUT2D eigenvalue weighted by Gasteiger charge is -2.28. The van der Waals surface area contributed by atoms with Crippen LogP contribution in [-0.2, 0) is 16.0 Å². The highest BCUT2D eigenvalue weighted by Crippen LogP contribution is 2.27. The van der Waals surface area contributed by atoms with Gasteiger partial charge < -0.3 is 14.6 Å². The van der Waals surface area contributed by atoms with E-state index < -0.39 is 23.8 Å². The third-order valence-corrected chi connectivity index (χ3v) is 4.06. The van der Waals surface area contributed by atoms with Crippen LogP contribution in [0.1, 0.15) is 12.0 Å². The van der Waals surface area contributed by atoms with Crippen molar-refractivity contribution in [3.8, 4) is 11.5 Å². The summed E-state index contributed by atoms with van der Waals surface area (Å²) >= 11 is 0. The third kappa shape index (κ3) is 5.04. The number of hydrogen-bond acceptors (Lipinski definition) is 7. The Balaban J connectivity index is 2.06. The number of barbiturate groups is 1. The van der Waals surface area contributed by atoms with Crippen molar-refractivity contribution in [3.63, 3.8) is 0 Å². The average Bonchev–Trinajstić information content (AvgIpc) is 2.66. The van der Waals surface area contributed by atoms with Gasteiger partial charge in [0.15, 0.2) is 17.4 Å². The van der Waals surface area contributed by atoms with Gasteiger partial charge in [0.1, 0.15) is 0 Å². The number of methoxy groups -OCH3 is 2. The molecule has 0 bridgehead atoms. The molecule has 1 aliphatic rings. The molecule has 4 amide bonds. The van der Waals surface area contributed by atoms with E-state index in [4.69, 9.17) is 14.6 Å². The van der Waals surface area contributed by atoms with E-state index in [9.17, 15) is 14.4 Å². The molecule has 9 heteroatoms. The third-order valence-electron chi connectivity index (χ3n) is 4.06. The SMILES string of the molecule is COc1ccc(CCN2C(=O)NC(=O)[C@H](C=NCCCO)C2=O)cc1OC. The second kappa shape index (κ2) is 9.67. The zero-order chi connectivity index (χ0) is 19.8. The predicted molar refractivity (Wildman–Crippen MR) is 97.1 cm³/mol. The van der Waals surface area contributed by atoms with Crippen LogP contribution >= 0.6 is 0 Å². The van der Waals surface area contributed by atoms with E-state index in [0.717, 1.165) is 10.5 Å². The summed E-state index contributed by atoms with van der Waals surface area (Å²) in [6.45, 7) is 0.375. The van der Waals surface area contributed by atoms with Gasteiger partial charge in [0.2, 0.25) is 11.8 Å². The number of benzene rings is 1. The van der Waals surface area contributed by atoms with Crippen molar-refractivity contribution in [2.24, 2.45) is 10.9 Å². The number of aliphatic hydroxyl groups excluding tert-OH is 1. The summed E-state index contributed by atoms with van der Waals surface area (Å²) < 4.78 is 10.4. The minimum Gasteiger partial charge on any atom is -0.493 e. The summed E-state index contributed by atoms with van der Waals surface area (Å²) in [6.07, 6.45) is 2.05. The molecule has 0 radical (unpaired) electrons. The Kier molecular flexibility index (Phi) is 7.30. The fourth-order valence-electron chi connectivity index (χ4n) is 2.59. The van der Waals surface area contributed by atoms with Crippen LogP contribution in [0.2, 0.25) is 0 Å². The molecule has 146 valence electrons. The molecule has 1 aromatic carbocycles. The Morgan fingerprint density at radius 3 is 2.63 bits per heavy atom. The summed E-state index contributed by atoms with van der Waals surface area (Å²) in [5.74, 6) is -1.32. The van der Waals surface area contributed by atoms with Gasteiger partial charge in [0.25, 0.3) is 0 Å². The molecule has 0 aliphatic carbocycles. The second-order valence-corrected chi connectivity index (χ2v) is 5.83. The maximum Gasteiger partial charge on any atom is 0.330 e. The number of imide groups is 2. The summed E-state index contributed by atoms with van der Waals surface area (Å²) in [5.41, 5.74) is 0.846. The number of carbonyl (C=O) groups excluding carboxylic acids is 3. The molecular formula is C18H23N3O6. The number of rotatable bonds is 9. The molecule has 0 saturated carbocycles. The van der Waals surface area contributed by atoms with Gasteiger partial charge in [-0.3, -0.25) is 24.8 Å². The zero-order valence-corrected chi connectivity index (χ0v) is 15.3. The van der Waals surface area contributed by atoms with E-state index in [0.29, 0.717) is 30.9 Å². The number of ether oxygens (including phenoxy) is 2. The molecule has 2 N–H and O–H groups in total. The van der Waals surface area contributed by atoms with E-state index in [1.807, 2.05) is 6.07 Å². The van der Waals surface area contributed by atoms with Crippen LogP contribution in [-0.4, -0.2) is 68.0 Å². The fourth-order valence-corrected chi connectivity index (χ4v) is 2.59. The normalized spacial score (nSPS) is 17.4. The van der Waals surface area contributed by atoms with Crippen molar-refractivity contribution in [3.05, 3.63) is 23.8 Å². The first-order valence-electron chi connectivity index (χ1n) is 8.49. The van der Waals surface area contributed by atoms with Gasteiger partial charge in [-0.05, 0) is 30.5 Å². The minimum atomic E-state index is -1.15. The maximum absolute atomic E-state index is 12.5. The van der Waals surface area contributed by atoms with Crippen LogP contribution in [0, 0.1) is 5.92 Å². The van der Waals surface area contributed by atoms with Crippen LogP contribution in [0.5, 0.6) is 11.5 Å². The Hall–Kier alpha value is -2.94. The topological polar surface area (TPSA) is 118 Å². The highest BCUT2D eigenvalue weighted by molar-refractivity contribution is 6.23. The van der Waals surface area contributed by atoms with Crippen LogP contribution in [0.3, 0.4) is 0 Å². The van der Waals surface area contributed by atoms with Crippen molar-refractivity contribution in [2.75, 3.05) is 33.9 Å². The predicted octanol–water partition coefficient (Wildman–Crippen LogP) is 0.394. The number of aliphatic hydroxyl groups is 1. The Morgan fingerprint density at radius 1 is 1.22 bits per heavy atom. The molecular weight excluding hydrogens is 354 g/mol. The molecule has 1 fully saturated rings. The molecule has 1 atom stereocenters. The summed E-state index contributed by atoms with van der Waals surface area (Å²) in [4.78, 5) is 41.4. The van der Waals surface area contributed by atoms with Crippen molar-refractivity contribution in [1.82, 2.24) is 10.2 Å². The smallest absolute Gasteiger partial charge is 0.330 e. The van der Waals surface area contributed by atoms with Crippen molar-refractivity contribution in [2.45, 2.75) is 12.8 Å². The Labute approximate surface area is 157 Å². The molecule has 0 spiro atoms. The number of urea groups is 1. The average molecular weight is 377 g/mol. The van der Waals surface area contributed by atoms with E-state index in [1.165, 1.54) is 20.4 Å².